The quantitative estimate of drug-likeness (QED) is 0.412. The third-order valence-corrected chi connectivity index (χ3v) is 3.73. The van der Waals surface area contributed by atoms with Crippen molar-refractivity contribution in [3.63, 3.8) is 0 Å². The van der Waals surface area contributed by atoms with Crippen LogP contribution in [0.3, 0.4) is 0 Å². The summed E-state index contributed by atoms with van der Waals surface area (Å²) in [7, 11) is 2.62. The van der Waals surface area contributed by atoms with Gasteiger partial charge in [0.2, 0.25) is 0 Å². The van der Waals surface area contributed by atoms with Gasteiger partial charge in [-0.1, -0.05) is 6.07 Å². The third kappa shape index (κ3) is 4.78. The minimum atomic E-state index is -0.904. The van der Waals surface area contributed by atoms with Crippen molar-refractivity contribution < 1.29 is 9.90 Å². The molecule has 0 bridgehead atoms. The fraction of sp³-hybridized carbons (Fsp3) is 0.250. The van der Waals surface area contributed by atoms with E-state index in [4.69, 9.17) is 5.11 Å². The molecule has 2 N–H and O–H groups in total. The van der Waals surface area contributed by atoms with Crippen LogP contribution in [0.4, 0.5) is 0 Å². The molecule has 0 saturated carbocycles. The Balaban J connectivity index is 2.30. The molecule has 1 atom stereocenters. The summed E-state index contributed by atoms with van der Waals surface area (Å²) >= 11 is 3.93. The van der Waals surface area contributed by atoms with Crippen molar-refractivity contribution in [2.24, 2.45) is 0 Å². The largest absolute Gasteiger partial charge is 0.480 e. The summed E-state index contributed by atoms with van der Waals surface area (Å²) in [6.07, 6.45) is 1.69. The third-order valence-electron chi connectivity index (χ3n) is 1.44. The topological polar surface area (TPSA) is 62.2 Å². The number of aliphatic carboxylic acids is 1. The minimum absolute atomic E-state index is 0.255. The smallest absolute Gasteiger partial charge is 0.322 e. The number of rotatable bonds is 6. The summed E-state index contributed by atoms with van der Waals surface area (Å²) in [6.45, 7) is 0. The molecule has 0 aliphatic heterocycles. The molecule has 82 valence electrons. The molecule has 0 radical (unpaired) electrons. The molecule has 0 spiro atoms. The van der Waals surface area contributed by atoms with Crippen LogP contribution in [-0.2, 0) is 4.79 Å². The van der Waals surface area contributed by atoms with Crippen LogP contribution in [0.5, 0.6) is 0 Å². The number of hydrogen-bond donors (Lipinski definition) is 3. The predicted octanol–water partition coefficient (Wildman–Crippen LogP) is 1.71. The van der Waals surface area contributed by atoms with Gasteiger partial charge in [0.1, 0.15) is 11.1 Å². The van der Waals surface area contributed by atoms with Gasteiger partial charge in [0.15, 0.2) is 0 Å². The van der Waals surface area contributed by atoms with Gasteiger partial charge < -0.3 is 5.11 Å². The van der Waals surface area contributed by atoms with Crippen LogP contribution in [0.15, 0.2) is 29.4 Å². The molecule has 1 rings (SSSR count). The molecule has 0 aromatic carbocycles. The lowest BCUT2D eigenvalue weighted by atomic mass is 10.4. The Morgan fingerprint density at radius 3 is 3.00 bits per heavy atom. The minimum Gasteiger partial charge on any atom is -0.480 e. The van der Waals surface area contributed by atoms with Crippen molar-refractivity contribution in [1.29, 1.82) is 0 Å². The number of pyridine rings is 1. The molecule has 0 aliphatic carbocycles. The fourth-order valence-electron chi connectivity index (χ4n) is 0.687. The zero-order valence-corrected chi connectivity index (χ0v) is 10.2. The number of carboxylic acids is 1. The van der Waals surface area contributed by atoms with E-state index in [0.717, 1.165) is 5.03 Å². The molecule has 15 heavy (non-hydrogen) atoms. The normalized spacial score (nSPS) is 12.3. The first-order chi connectivity index (χ1) is 7.24. The summed E-state index contributed by atoms with van der Waals surface area (Å²) < 4.78 is 2.78. The second-order valence-corrected chi connectivity index (χ2v) is 4.88. The Bertz CT molecular complexity index is 310. The van der Waals surface area contributed by atoms with Gasteiger partial charge in [-0.15, -0.1) is 0 Å². The van der Waals surface area contributed by atoms with Crippen molar-refractivity contribution >= 4 is 40.4 Å². The molecule has 4 nitrogen and oxygen atoms in total. The maximum atomic E-state index is 10.6. The van der Waals surface area contributed by atoms with Crippen LogP contribution in [0, 0.1) is 0 Å². The molecule has 1 unspecified atom stereocenters. The fourth-order valence-corrected chi connectivity index (χ4v) is 2.77. The van der Waals surface area contributed by atoms with Crippen LogP contribution < -0.4 is 4.72 Å². The highest BCUT2D eigenvalue weighted by Crippen LogP contribution is 2.26. The Hall–Kier alpha value is -0.370. The lowest BCUT2D eigenvalue weighted by molar-refractivity contribution is -0.138. The summed E-state index contributed by atoms with van der Waals surface area (Å²) in [5, 5.41) is 9.55. The summed E-state index contributed by atoms with van der Waals surface area (Å²) in [5.41, 5.74) is 0. The highest BCUT2D eigenvalue weighted by molar-refractivity contribution is 8.76. The van der Waals surface area contributed by atoms with Gasteiger partial charge in [-0.2, -0.15) is 12.6 Å². The van der Waals surface area contributed by atoms with E-state index < -0.39 is 12.0 Å². The Kier molecular flexibility index (Phi) is 5.92. The maximum Gasteiger partial charge on any atom is 0.322 e. The zero-order valence-electron chi connectivity index (χ0n) is 7.66. The van der Waals surface area contributed by atoms with Gasteiger partial charge in [0, 0.05) is 11.9 Å². The van der Waals surface area contributed by atoms with Crippen molar-refractivity contribution in [3.8, 4) is 0 Å². The summed E-state index contributed by atoms with van der Waals surface area (Å²) in [4.78, 5) is 14.7. The van der Waals surface area contributed by atoms with Crippen LogP contribution in [0.2, 0.25) is 0 Å². The van der Waals surface area contributed by atoms with Crippen LogP contribution in [0.1, 0.15) is 0 Å². The van der Waals surface area contributed by atoms with Crippen molar-refractivity contribution in [3.05, 3.63) is 24.4 Å². The van der Waals surface area contributed by atoms with E-state index in [0.29, 0.717) is 0 Å². The molecular formula is C8H10N2O2S3. The van der Waals surface area contributed by atoms with Crippen LogP contribution in [-0.4, -0.2) is 27.9 Å². The Morgan fingerprint density at radius 1 is 1.67 bits per heavy atom. The first-order valence-corrected chi connectivity index (χ1v) is 6.86. The molecule has 1 aromatic heterocycles. The molecule has 0 amide bonds. The van der Waals surface area contributed by atoms with Crippen molar-refractivity contribution in [2.45, 2.75) is 11.1 Å². The van der Waals surface area contributed by atoms with E-state index in [1.54, 1.807) is 6.20 Å². The van der Waals surface area contributed by atoms with E-state index in [9.17, 15) is 4.79 Å². The number of thiol groups is 1. The lowest BCUT2D eigenvalue weighted by Crippen LogP contribution is -2.33. The molecule has 1 heterocycles. The van der Waals surface area contributed by atoms with Gasteiger partial charge >= 0.3 is 5.97 Å². The zero-order chi connectivity index (χ0) is 11.1. The molecule has 0 aliphatic rings. The second kappa shape index (κ2) is 7.00. The van der Waals surface area contributed by atoms with E-state index in [2.05, 4.69) is 22.3 Å². The monoisotopic (exact) mass is 262 g/mol. The van der Waals surface area contributed by atoms with Gasteiger partial charge in [0.05, 0.1) is 0 Å². The average Bonchev–Trinajstić information content (AvgIpc) is 2.25. The highest BCUT2D eigenvalue weighted by Gasteiger charge is 2.14. The number of nitrogens with one attached hydrogen (secondary N) is 1. The Labute approximate surface area is 101 Å². The summed E-state index contributed by atoms with van der Waals surface area (Å²) in [6, 6.07) is 4.92. The Morgan fingerprint density at radius 2 is 2.47 bits per heavy atom. The van der Waals surface area contributed by atoms with E-state index in [-0.39, 0.29) is 5.75 Å². The van der Waals surface area contributed by atoms with Gasteiger partial charge in [-0.3, -0.25) is 4.79 Å². The lowest BCUT2D eigenvalue weighted by Gasteiger charge is -2.09. The van der Waals surface area contributed by atoms with Gasteiger partial charge in [0.25, 0.3) is 0 Å². The standard InChI is InChI=1S/C8H10N2O2S3/c11-8(12)6(5-13)10-15-14-7-3-1-2-4-9-7/h1-4,6,10,13H,5H2,(H,11,12). The predicted molar refractivity (Wildman–Crippen MR) is 66.1 cm³/mol. The van der Waals surface area contributed by atoms with E-state index in [1.807, 2.05) is 18.2 Å². The summed E-state index contributed by atoms with van der Waals surface area (Å²) in [5.74, 6) is -0.649. The number of carbonyl (C=O) groups is 1. The van der Waals surface area contributed by atoms with E-state index in [1.165, 1.54) is 21.8 Å². The second-order valence-electron chi connectivity index (χ2n) is 2.53. The molecular weight excluding hydrogens is 252 g/mol. The molecule has 0 fully saturated rings. The van der Waals surface area contributed by atoms with Crippen LogP contribution in [0.25, 0.3) is 0 Å². The molecule has 7 heteroatoms. The SMILES string of the molecule is O=C(O)C(CS)NSSc1ccccn1. The maximum absolute atomic E-state index is 10.6. The number of aromatic nitrogens is 1. The molecule has 1 aromatic rings. The van der Waals surface area contributed by atoms with Crippen LogP contribution >= 0.6 is 34.4 Å². The van der Waals surface area contributed by atoms with Crippen molar-refractivity contribution in [2.75, 3.05) is 5.75 Å². The van der Waals surface area contributed by atoms with Crippen molar-refractivity contribution in [1.82, 2.24) is 9.71 Å². The first kappa shape index (κ1) is 12.7. The molecule has 0 saturated heterocycles. The average molecular weight is 262 g/mol. The number of nitrogens with zero attached hydrogens (tertiary/aromatic N) is 1. The highest BCUT2D eigenvalue weighted by atomic mass is 33.1. The number of carboxylic acid groups (broad SMARTS) is 1. The van der Waals surface area contributed by atoms with Gasteiger partial charge in [-0.05, 0) is 33.9 Å². The first-order valence-electron chi connectivity index (χ1n) is 4.07. The van der Waals surface area contributed by atoms with E-state index >= 15 is 0 Å². The van der Waals surface area contributed by atoms with Gasteiger partial charge in [-0.25, -0.2) is 9.71 Å². The number of hydrogen-bond acceptors (Lipinski definition) is 6.